The molecular formula is C21H19F2N3O3. The van der Waals surface area contributed by atoms with E-state index in [4.69, 9.17) is 4.74 Å². The van der Waals surface area contributed by atoms with E-state index in [0.717, 1.165) is 23.8 Å². The normalized spacial score (nSPS) is 10.6. The molecular weight excluding hydrogens is 380 g/mol. The van der Waals surface area contributed by atoms with Crippen LogP contribution in [0.3, 0.4) is 0 Å². The second-order valence-electron chi connectivity index (χ2n) is 6.34. The Morgan fingerprint density at radius 3 is 2.62 bits per heavy atom. The molecule has 3 rings (SSSR count). The summed E-state index contributed by atoms with van der Waals surface area (Å²) in [6.07, 6.45) is 1.69. The molecule has 0 aliphatic carbocycles. The monoisotopic (exact) mass is 399 g/mol. The van der Waals surface area contributed by atoms with Crippen molar-refractivity contribution in [3.05, 3.63) is 87.8 Å². The van der Waals surface area contributed by atoms with Crippen LogP contribution < -0.4 is 10.7 Å². The molecule has 29 heavy (non-hydrogen) atoms. The van der Waals surface area contributed by atoms with Gasteiger partial charge in [-0.05, 0) is 36.2 Å². The zero-order chi connectivity index (χ0) is 20.8. The van der Waals surface area contributed by atoms with Gasteiger partial charge in [0.05, 0.1) is 12.3 Å². The number of anilines is 1. The summed E-state index contributed by atoms with van der Waals surface area (Å²) in [6, 6.07) is 11.2. The summed E-state index contributed by atoms with van der Waals surface area (Å²) in [4.78, 5) is 23.9. The van der Waals surface area contributed by atoms with Crippen LogP contribution in [0.5, 0.6) is 0 Å². The Kier molecular flexibility index (Phi) is 6.33. The number of nitrogens with zero attached hydrogens (tertiary/aromatic N) is 2. The van der Waals surface area contributed by atoms with Crippen molar-refractivity contribution in [1.82, 2.24) is 9.78 Å². The summed E-state index contributed by atoms with van der Waals surface area (Å²) in [5, 5.41) is 6.83. The number of carbonyl (C=O) groups is 1. The van der Waals surface area contributed by atoms with Crippen molar-refractivity contribution in [3.63, 3.8) is 0 Å². The van der Waals surface area contributed by atoms with E-state index in [-0.39, 0.29) is 23.2 Å². The lowest BCUT2D eigenvalue weighted by atomic mass is 10.1. The highest BCUT2D eigenvalue weighted by atomic mass is 19.1. The van der Waals surface area contributed by atoms with E-state index in [9.17, 15) is 18.4 Å². The maximum Gasteiger partial charge on any atom is 0.411 e. The number of nitrogens with one attached hydrogen (secondary N) is 1. The molecule has 2 aromatic carbocycles. The predicted octanol–water partition coefficient (Wildman–Crippen LogP) is 4.06. The number of amides is 1. The topological polar surface area (TPSA) is 73.2 Å². The molecule has 0 aliphatic heterocycles. The molecule has 0 fully saturated rings. The minimum atomic E-state index is -0.740. The van der Waals surface area contributed by atoms with Crippen molar-refractivity contribution in [1.29, 1.82) is 0 Å². The van der Waals surface area contributed by atoms with Gasteiger partial charge in [0.1, 0.15) is 17.3 Å². The number of hydrogen-bond acceptors (Lipinski definition) is 4. The van der Waals surface area contributed by atoms with Gasteiger partial charge in [-0.1, -0.05) is 19.1 Å². The van der Waals surface area contributed by atoms with E-state index in [1.165, 1.54) is 16.9 Å². The van der Waals surface area contributed by atoms with Crippen LogP contribution in [0, 0.1) is 11.6 Å². The first-order valence-corrected chi connectivity index (χ1v) is 9.02. The molecule has 1 N–H and O–H groups in total. The number of hydrogen-bond donors (Lipinski definition) is 1. The smallest absolute Gasteiger partial charge is 0.411 e. The Hall–Kier alpha value is -3.55. The van der Waals surface area contributed by atoms with Crippen LogP contribution in [0.4, 0.5) is 19.3 Å². The molecule has 0 aliphatic rings. The summed E-state index contributed by atoms with van der Waals surface area (Å²) >= 11 is 0. The van der Waals surface area contributed by atoms with Crippen LogP contribution in [0.25, 0.3) is 5.69 Å². The third kappa shape index (κ3) is 5.47. The fourth-order valence-corrected chi connectivity index (χ4v) is 2.69. The lowest BCUT2D eigenvalue weighted by Crippen LogP contribution is -2.17. The number of aromatic nitrogens is 2. The summed E-state index contributed by atoms with van der Waals surface area (Å²) in [5.74, 6) is -1.48. The highest BCUT2D eigenvalue weighted by Crippen LogP contribution is 2.15. The maximum absolute atomic E-state index is 13.5. The van der Waals surface area contributed by atoms with Gasteiger partial charge in [0, 0.05) is 30.4 Å². The largest absolute Gasteiger partial charge is 0.449 e. The molecule has 1 heterocycles. The number of halogens is 2. The van der Waals surface area contributed by atoms with E-state index in [1.54, 1.807) is 24.3 Å². The van der Waals surface area contributed by atoms with Gasteiger partial charge in [-0.25, -0.2) is 18.3 Å². The fraction of sp³-hybridized carbons (Fsp3) is 0.190. The quantitative estimate of drug-likeness (QED) is 0.678. The molecule has 150 valence electrons. The number of ether oxygens (including phenoxy) is 1. The third-order valence-corrected chi connectivity index (χ3v) is 3.97. The molecule has 0 saturated carbocycles. The van der Waals surface area contributed by atoms with Crippen LogP contribution in [-0.2, 0) is 11.2 Å². The first kappa shape index (κ1) is 20.2. The molecule has 0 saturated heterocycles. The van der Waals surface area contributed by atoms with Crippen molar-refractivity contribution in [2.75, 3.05) is 11.9 Å². The van der Waals surface area contributed by atoms with Gasteiger partial charge in [-0.2, -0.15) is 5.10 Å². The first-order valence-electron chi connectivity index (χ1n) is 9.02. The lowest BCUT2D eigenvalue weighted by molar-refractivity contribution is 0.161. The minimum Gasteiger partial charge on any atom is -0.449 e. The first-order chi connectivity index (χ1) is 13.9. The van der Waals surface area contributed by atoms with Crippen molar-refractivity contribution < 1.29 is 18.3 Å². The molecule has 0 spiro atoms. The zero-order valence-electron chi connectivity index (χ0n) is 15.7. The molecule has 0 radical (unpaired) electrons. The predicted molar refractivity (Wildman–Crippen MR) is 104 cm³/mol. The number of rotatable bonds is 6. The van der Waals surface area contributed by atoms with Crippen LogP contribution in [0.15, 0.2) is 59.5 Å². The molecule has 1 amide bonds. The zero-order valence-corrected chi connectivity index (χ0v) is 15.7. The Balaban J connectivity index is 1.82. The van der Waals surface area contributed by atoms with Gasteiger partial charge < -0.3 is 4.74 Å². The van der Waals surface area contributed by atoms with Crippen LogP contribution in [0.2, 0.25) is 0 Å². The van der Waals surface area contributed by atoms with Gasteiger partial charge in [0.2, 0.25) is 5.43 Å². The molecule has 6 nitrogen and oxygen atoms in total. The fourth-order valence-electron chi connectivity index (χ4n) is 2.69. The van der Waals surface area contributed by atoms with Crippen LogP contribution in [0.1, 0.15) is 24.6 Å². The average molecular weight is 399 g/mol. The summed E-state index contributed by atoms with van der Waals surface area (Å²) < 4.78 is 33.2. The minimum absolute atomic E-state index is 0.165. The van der Waals surface area contributed by atoms with Crippen molar-refractivity contribution in [2.45, 2.75) is 19.8 Å². The summed E-state index contributed by atoms with van der Waals surface area (Å²) in [6.45, 7) is 2.21. The van der Waals surface area contributed by atoms with E-state index in [0.29, 0.717) is 18.7 Å². The molecule has 1 aromatic heterocycles. The highest BCUT2D eigenvalue weighted by molar-refractivity contribution is 5.84. The van der Waals surface area contributed by atoms with E-state index >= 15 is 0 Å². The average Bonchev–Trinajstić information content (AvgIpc) is 2.67. The molecule has 3 aromatic rings. The van der Waals surface area contributed by atoms with Gasteiger partial charge >= 0.3 is 6.09 Å². The Bertz CT molecular complexity index is 1060. The Morgan fingerprint density at radius 1 is 1.14 bits per heavy atom. The molecule has 0 atom stereocenters. The Labute approximate surface area is 165 Å². The van der Waals surface area contributed by atoms with Crippen molar-refractivity contribution >= 4 is 11.8 Å². The summed E-state index contributed by atoms with van der Waals surface area (Å²) in [7, 11) is 0. The molecule has 0 bridgehead atoms. The molecule has 0 unspecified atom stereocenters. The van der Waals surface area contributed by atoms with E-state index in [2.05, 4.69) is 10.4 Å². The molecule has 8 heteroatoms. The number of carbonyl (C=O) groups excluding carboxylic acids is 1. The van der Waals surface area contributed by atoms with Crippen LogP contribution in [-0.4, -0.2) is 22.5 Å². The number of benzene rings is 2. The van der Waals surface area contributed by atoms with Gasteiger partial charge in [-0.15, -0.1) is 0 Å². The SMILES string of the molecule is CCCOC(=O)Nc1cccc(Cc2nn(-c3cc(F)cc(F)c3)ccc2=O)c1. The van der Waals surface area contributed by atoms with Crippen LogP contribution >= 0.6 is 0 Å². The second-order valence-corrected chi connectivity index (χ2v) is 6.34. The Morgan fingerprint density at radius 2 is 1.90 bits per heavy atom. The van der Waals surface area contributed by atoms with E-state index in [1.807, 2.05) is 6.92 Å². The van der Waals surface area contributed by atoms with Crippen molar-refractivity contribution in [3.8, 4) is 5.69 Å². The standard InChI is InChI=1S/C21H19F2N3O3/c1-2-8-29-21(28)24-17-5-3-4-14(9-17)10-19-20(27)6-7-26(25-19)18-12-15(22)11-16(23)13-18/h3-7,9,11-13H,2,8,10H2,1H3,(H,24,28). The maximum atomic E-state index is 13.5. The second kappa shape index (κ2) is 9.09. The third-order valence-electron chi connectivity index (χ3n) is 3.97. The van der Waals surface area contributed by atoms with Gasteiger partial charge in [-0.3, -0.25) is 10.1 Å². The van der Waals surface area contributed by atoms with Crippen molar-refractivity contribution in [2.24, 2.45) is 0 Å². The van der Waals surface area contributed by atoms with Gasteiger partial charge in [0.25, 0.3) is 0 Å². The van der Waals surface area contributed by atoms with Gasteiger partial charge in [0.15, 0.2) is 0 Å². The summed E-state index contributed by atoms with van der Waals surface area (Å²) in [5.41, 5.74) is 1.30. The van der Waals surface area contributed by atoms with E-state index < -0.39 is 17.7 Å². The highest BCUT2D eigenvalue weighted by Gasteiger charge is 2.09. The lowest BCUT2D eigenvalue weighted by Gasteiger charge is -2.09.